The van der Waals surface area contributed by atoms with E-state index in [4.69, 9.17) is 0 Å². The summed E-state index contributed by atoms with van der Waals surface area (Å²) in [6, 6.07) is 11.9. The standard InChI is InChI=1S/C20H25NO3S/c1-13(2)25(24)16-9-6-14(7-10-16)19(23)21-17-12-15(20(3,4)5)8-11-18(17)22/h6-13,22H,1-5H3,(H,21,23). The quantitative estimate of drug-likeness (QED) is 0.792. The van der Waals surface area contributed by atoms with Crippen LogP contribution in [-0.2, 0) is 16.2 Å². The van der Waals surface area contributed by atoms with E-state index in [1.807, 2.05) is 19.9 Å². The van der Waals surface area contributed by atoms with Crippen LogP contribution in [0.4, 0.5) is 5.69 Å². The number of amides is 1. The molecule has 134 valence electrons. The lowest BCUT2D eigenvalue weighted by Gasteiger charge is -2.20. The molecule has 2 rings (SSSR count). The van der Waals surface area contributed by atoms with Gasteiger partial charge in [-0.25, -0.2) is 0 Å². The highest BCUT2D eigenvalue weighted by Crippen LogP contribution is 2.31. The highest BCUT2D eigenvalue weighted by atomic mass is 32.2. The van der Waals surface area contributed by atoms with Crippen LogP contribution in [0, 0.1) is 0 Å². The molecule has 1 amide bonds. The minimum Gasteiger partial charge on any atom is -0.506 e. The topological polar surface area (TPSA) is 66.4 Å². The van der Waals surface area contributed by atoms with Gasteiger partial charge in [0.25, 0.3) is 5.91 Å². The summed E-state index contributed by atoms with van der Waals surface area (Å²) < 4.78 is 12.1. The first kappa shape index (κ1) is 19.2. The van der Waals surface area contributed by atoms with Crippen molar-refractivity contribution in [1.82, 2.24) is 0 Å². The van der Waals surface area contributed by atoms with Gasteiger partial charge in [-0.15, -0.1) is 0 Å². The summed E-state index contributed by atoms with van der Waals surface area (Å²) in [6.07, 6.45) is 0. The van der Waals surface area contributed by atoms with Crippen LogP contribution in [0.3, 0.4) is 0 Å². The molecule has 0 bridgehead atoms. The van der Waals surface area contributed by atoms with Gasteiger partial charge in [0.15, 0.2) is 0 Å². The zero-order valence-corrected chi connectivity index (χ0v) is 16.1. The molecule has 1 unspecified atom stereocenters. The highest BCUT2D eigenvalue weighted by molar-refractivity contribution is 7.85. The van der Waals surface area contributed by atoms with Gasteiger partial charge in [0.1, 0.15) is 5.75 Å². The molecule has 25 heavy (non-hydrogen) atoms. The van der Waals surface area contributed by atoms with Gasteiger partial charge in [-0.1, -0.05) is 40.7 Å². The molecule has 0 aliphatic rings. The summed E-state index contributed by atoms with van der Waals surface area (Å²) >= 11 is 0. The Kier molecular flexibility index (Phi) is 5.68. The number of nitrogens with one attached hydrogen (secondary N) is 1. The lowest BCUT2D eigenvalue weighted by atomic mass is 9.87. The van der Waals surface area contributed by atoms with Crippen LogP contribution in [0.1, 0.15) is 50.5 Å². The van der Waals surface area contributed by atoms with Crippen LogP contribution in [-0.4, -0.2) is 20.5 Å². The first-order chi connectivity index (χ1) is 11.6. The summed E-state index contributed by atoms with van der Waals surface area (Å²) in [7, 11) is -1.08. The van der Waals surface area contributed by atoms with E-state index < -0.39 is 10.8 Å². The molecule has 2 N–H and O–H groups in total. The van der Waals surface area contributed by atoms with Crippen LogP contribution >= 0.6 is 0 Å². The molecular weight excluding hydrogens is 334 g/mol. The van der Waals surface area contributed by atoms with Crippen LogP contribution in [0.25, 0.3) is 0 Å². The Morgan fingerprint density at radius 3 is 2.20 bits per heavy atom. The largest absolute Gasteiger partial charge is 0.506 e. The van der Waals surface area contributed by atoms with E-state index in [0.717, 1.165) is 5.56 Å². The third-order valence-electron chi connectivity index (χ3n) is 3.89. The second-order valence-electron chi connectivity index (χ2n) is 7.31. The number of phenolic OH excluding ortho intramolecular Hbond substituents is 1. The van der Waals surface area contributed by atoms with Crippen LogP contribution < -0.4 is 5.32 Å². The van der Waals surface area contributed by atoms with Crippen molar-refractivity contribution in [1.29, 1.82) is 0 Å². The Labute approximate surface area is 151 Å². The minimum atomic E-state index is -1.08. The fraction of sp³-hybridized carbons (Fsp3) is 0.350. The lowest BCUT2D eigenvalue weighted by Crippen LogP contribution is -2.15. The summed E-state index contributed by atoms with van der Waals surface area (Å²) in [6.45, 7) is 9.99. The van der Waals surface area contributed by atoms with Gasteiger partial charge < -0.3 is 10.4 Å². The summed E-state index contributed by atoms with van der Waals surface area (Å²) in [5.41, 5.74) is 1.76. The Morgan fingerprint density at radius 1 is 1.08 bits per heavy atom. The Balaban J connectivity index is 2.21. The van der Waals surface area contributed by atoms with Crippen molar-refractivity contribution >= 4 is 22.4 Å². The summed E-state index contributed by atoms with van der Waals surface area (Å²) in [5, 5.41) is 12.8. The average Bonchev–Trinajstić information content (AvgIpc) is 2.55. The van der Waals surface area contributed by atoms with E-state index in [9.17, 15) is 14.1 Å². The number of phenols is 1. The second kappa shape index (κ2) is 7.40. The number of aromatic hydroxyl groups is 1. The number of hydrogen-bond acceptors (Lipinski definition) is 3. The smallest absolute Gasteiger partial charge is 0.255 e. The third-order valence-corrected chi connectivity index (χ3v) is 5.48. The number of hydrogen-bond donors (Lipinski definition) is 2. The maximum Gasteiger partial charge on any atom is 0.255 e. The summed E-state index contributed by atoms with van der Waals surface area (Å²) in [5.74, 6) is -0.290. The average molecular weight is 359 g/mol. The Hall–Kier alpha value is -2.14. The van der Waals surface area contributed by atoms with E-state index in [1.165, 1.54) is 0 Å². The molecule has 0 heterocycles. The zero-order chi connectivity index (χ0) is 18.8. The van der Waals surface area contributed by atoms with E-state index in [-0.39, 0.29) is 22.3 Å². The first-order valence-corrected chi connectivity index (χ1v) is 9.46. The molecule has 2 aromatic carbocycles. The molecule has 0 spiro atoms. The minimum absolute atomic E-state index is 0.0248. The van der Waals surface area contributed by atoms with Gasteiger partial charge in [0.2, 0.25) is 0 Å². The number of benzene rings is 2. The maximum absolute atomic E-state index is 12.4. The normalized spacial score (nSPS) is 12.9. The molecule has 0 saturated carbocycles. The van der Waals surface area contributed by atoms with E-state index >= 15 is 0 Å². The van der Waals surface area contributed by atoms with Gasteiger partial charge in [0.05, 0.1) is 16.5 Å². The molecule has 1 atom stereocenters. The van der Waals surface area contributed by atoms with Crippen molar-refractivity contribution in [3.05, 3.63) is 53.6 Å². The second-order valence-corrected chi connectivity index (χ2v) is 9.32. The van der Waals surface area contributed by atoms with E-state index in [2.05, 4.69) is 26.1 Å². The van der Waals surface area contributed by atoms with E-state index in [1.54, 1.807) is 36.4 Å². The molecule has 0 aliphatic carbocycles. The summed E-state index contributed by atoms with van der Waals surface area (Å²) in [4.78, 5) is 13.1. The third kappa shape index (κ3) is 4.69. The van der Waals surface area contributed by atoms with Crippen molar-refractivity contribution < 1.29 is 14.1 Å². The van der Waals surface area contributed by atoms with Gasteiger partial charge in [-0.3, -0.25) is 9.00 Å². The van der Waals surface area contributed by atoms with Crippen molar-refractivity contribution in [2.75, 3.05) is 5.32 Å². The monoisotopic (exact) mass is 359 g/mol. The maximum atomic E-state index is 12.4. The molecule has 0 fully saturated rings. The van der Waals surface area contributed by atoms with Crippen molar-refractivity contribution in [2.24, 2.45) is 0 Å². The SMILES string of the molecule is CC(C)S(=O)c1ccc(C(=O)Nc2cc(C(C)(C)C)ccc2O)cc1. The number of carbonyl (C=O) groups is 1. The van der Waals surface area contributed by atoms with Gasteiger partial charge >= 0.3 is 0 Å². The molecule has 0 radical (unpaired) electrons. The molecular formula is C20H25NO3S. The number of rotatable bonds is 4. The van der Waals surface area contributed by atoms with Crippen LogP contribution in [0.15, 0.2) is 47.4 Å². The lowest BCUT2D eigenvalue weighted by molar-refractivity contribution is 0.102. The van der Waals surface area contributed by atoms with Crippen LogP contribution in [0.5, 0.6) is 5.75 Å². The predicted molar refractivity (Wildman–Crippen MR) is 103 cm³/mol. The van der Waals surface area contributed by atoms with Gasteiger partial charge in [0, 0.05) is 15.7 Å². The number of carbonyl (C=O) groups excluding carboxylic acids is 1. The molecule has 2 aromatic rings. The highest BCUT2D eigenvalue weighted by Gasteiger charge is 2.17. The Morgan fingerprint density at radius 2 is 1.68 bits per heavy atom. The molecule has 5 heteroatoms. The van der Waals surface area contributed by atoms with Crippen molar-refractivity contribution in [2.45, 2.75) is 50.2 Å². The fourth-order valence-electron chi connectivity index (χ4n) is 2.31. The number of anilines is 1. The first-order valence-electron chi connectivity index (χ1n) is 8.25. The van der Waals surface area contributed by atoms with Crippen LogP contribution in [0.2, 0.25) is 0 Å². The zero-order valence-electron chi connectivity index (χ0n) is 15.3. The molecule has 0 aliphatic heterocycles. The van der Waals surface area contributed by atoms with Crippen molar-refractivity contribution in [3.63, 3.8) is 0 Å². The molecule has 4 nitrogen and oxygen atoms in total. The predicted octanol–water partition coefficient (Wildman–Crippen LogP) is 4.46. The van der Waals surface area contributed by atoms with Gasteiger partial charge in [-0.2, -0.15) is 0 Å². The van der Waals surface area contributed by atoms with E-state index in [0.29, 0.717) is 16.1 Å². The fourth-order valence-corrected chi connectivity index (χ4v) is 3.26. The molecule has 0 saturated heterocycles. The molecule has 0 aromatic heterocycles. The van der Waals surface area contributed by atoms with Gasteiger partial charge in [-0.05, 0) is 47.4 Å². The van der Waals surface area contributed by atoms with Crippen molar-refractivity contribution in [3.8, 4) is 5.75 Å². The Bertz CT molecular complexity index is 790.